The molecule has 2 aromatic heterocycles. The largest absolute Gasteiger partial charge is 0.339 e. The highest BCUT2D eigenvalue weighted by Crippen LogP contribution is 2.25. The summed E-state index contributed by atoms with van der Waals surface area (Å²) in [6, 6.07) is 4.42. The number of nitrogens with one attached hydrogen (secondary N) is 1. The third-order valence-electron chi connectivity index (χ3n) is 4.55. The van der Waals surface area contributed by atoms with E-state index in [0.717, 1.165) is 32.6 Å². The Kier molecular flexibility index (Phi) is 5.00. The van der Waals surface area contributed by atoms with E-state index in [0.29, 0.717) is 28.5 Å². The SMILES string of the molecule is CN1CCCN(c2ncc3ncnc(Nc4ccc(F)c(Cl)c4)c3n2)CC1. The van der Waals surface area contributed by atoms with Crippen molar-refractivity contribution in [2.24, 2.45) is 0 Å². The standard InChI is InChI=1S/C18H19ClFN7/c1-26-5-2-6-27(8-7-26)18-21-10-15-16(25-18)17(23-11-22-15)24-12-3-4-14(20)13(19)9-12/h3-4,9-11H,2,5-8H2,1H3,(H,22,23,24). The third kappa shape index (κ3) is 3.91. The second kappa shape index (κ2) is 7.58. The van der Waals surface area contributed by atoms with E-state index in [1.165, 1.54) is 18.5 Å². The maximum Gasteiger partial charge on any atom is 0.226 e. The topological polar surface area (TPSA) is 70.1 Å². The molecule has 1 fully saturated rings. The normalized spacial score (nSPS) is 15.7. The molecule has 3 aromatic rings. The molecule has 1 aromatic carbocycles. The van der Waals surface area contributed by atoms with Gasteiger partial charge >= 0.3 is 0 Å². The first kappa shape index (κ1) is 17.8. The third-order valence-corrected chi connectivity index (χ3v) is 4.84. The molecule has 0 saturated carbocycles. The molecule has 0 aliphatic carbocycles. The van der Waals surface area contributed by atoms with Gasteiger partial charge in [-0.25, -0.2) is 24.3 Å². The first-order chi connectivity index (χ1) is 13.1. The van der Waals surface area contributed by atoms with Crippen molar-refractivity contribution >= 4 is 40.1 Å². The monoisotopic (exact) mass is 387 g/mol. The molecule has 1 aliphatic heterocycles. The van der Waals surface area contributed by atoms with E-state index < -0.39 is 5.82 Å². The first-order valence-electron chi connectivity index (χ1n) is 8.73. The van der Waals surface area contributed by atoms with E-state index in [1.807, 2.05) is 0 Å². The highest BCUT2D eigenvalue weighted by atomic mass is 35.5. The zero-order valence-corrected chi connectivity index (χ0v) is 15.6. The van der Waals surface area contributed by atoms with Crippen molar-refractivity contribution in [1.29, 1.82) is 0 Å². The number of benzene rings is 1. The summed E-state index contributed by atoms with van der Waals surface area (Å²) in [6.45, 7) is 3.79. The summed E-state index contributed by atoms with van der Waals surface area (Å²) in [5.74, 6) is 0.719. The van der Waals surface area contributed by atoms with E-state index in [-0.39, 0.29) is 5.02 Å². The molecule has 0 bridgehead atoms. The van der Waals surface area contributed by atoms with Gasteiger partial charge in [0.05, 0.1) is 11.2 Å². The predicted molar refractivity (Wildman–Crippen MR) is 104 cm³/mol. The molecule has 3 heterocycles. The van der Waals surface area contributed by atoms with Crippen LogP contribution in [-0.2, 0) is 0 Å². The molecule has 9 heteroatoms. The van der Waals surface area contributed by atoms with E-state index in [1.54, 1.807) is 12.3 Å². The maximum atomic E-state index is 13.4. The van der Waals surface area contributed by atoms with E-state index in [4.69, 9.17) is 16.6 Å². The van der Waals surface area contributed by atoms with Crippen molar-refractivity contribution in [3.05, 3.63) is 41.6 Å². The number of rotatable bonds is 3. The van der Waals surface area contributed by atoms with Gasteiger partial charge in [-0.05, 0) is 38.2 Å². The summed E-state index contributed by atoms with van der Waals surface area (Å²) in [6.07, 6.45) is 4.21. The molecule has 27 heavy (non-hydrogen) atoms. The second-order valence-electron chi connectivity index (χ2n) is 6.52. The molecule has 0 radical (unpaired) electrons. The zero-order chi connectivity index (χ0) is 18.8. The lowest BCUT2D eigenvalue weighted by Crippen LogP contribution is -2.30. The molecule has 1 aliphatic rings. The average Bonchev–Trinajstić information content (AvgIpc) is 2.89. The van der Waals surface area contributed by atoms with Gasteiger partial charge in [-0.3, -0.25) is 0 Å². The van der Waals surface area contributed by atoms with Crippen LogP contribution in [0.2, 0.25) is 5.02 Å². The molecule has 7 nitrogen and oxygen atoms in total. The van der Waals surface area contributed by atoms with E-state index in [2.05, 4.69) is 37.1 Å². The lowest BCUT2D eigenvalue weighted by Gasteiger charge is -2.20. The Morgan fingerprint density at radius 2 is 2.00 bits per heavy atom. The number of aromatic nitrogens is 4. The van der Waals surface area contributed by atoms with Gasteiger partial charge in [-0.2, -0.15) is 0 Å². The number of hydrogen-bond donors (Lipinski definition) is 1. The molecule has 0 amide bonds. The molecular weight excluding hydrogens is 369 g/mol. The minimum Gasteiger partial charge on any atom is -0.339 e. The van der Waals surface area contributed by atoms with Crippen LogP contribution in [-0.4, -0.2) is 58.1 Å². The summed E-state index contributed by atoms with van der Waals surface area (Å²) in [7, 11) is 2.12. The van der Waals surface area contributed by atoms with Crippen LogP contribution in [0, 0.1) is 5.82 Å². The van der Waals surface area contributed by atoms with Gasteiger partial charge in [0.15, 0.2) is 5.82 Å². The molecule has 0 atom stereocenters. The highest BCUT2D eigenvalue weighted by Gasteiger charge is 2.16. The summed E-state index contributed by atoms with van der Waals surface area (Å²) < 4.78 is 13.4. The lowest BCUT2D eigenvalue weighted by atomic mass is 10.3. The van der Waals surface area contributed by atoms with Gasteiger partial charge in [-0.1, -0.05) is 11.6 Å². The fraction of sp³-hybridized carbons (Fsp3) is 0.333. The van der Waals surface area contributed by atoms with Gasteiger partial charge in [0, 0.05) is 25.3 Å². The molecule has 1 N–H and O–H groups in total. The van der Waals surface area contributed by atoms with Crippen LogP contribution in [0.15, 0.2) is 30.7 Å². The minimum absolute atomic E-state index is 0.0439. The lowest BCUT2D eigenvalue weighted by molar-refractivity contribution is 0.360. The van der Waals surface area contributed by atoms with Crippen LogP contribution in [0.4, 0.5) is 21.8 Å². The summed E-state index contributed by atoms with van der Waals surface area (Å²) in [5, 5.41) is 3.19. The van der Waals surface area contributed by atoms with Crippen molar-refractivity contribution < 1.29 is 4.39 Å². The number of likely N-dealkylation sites (N-methyl/N-ethyl adjacent to an activating group) is 1. The van der Waals surface area contributed by atoms with E-state index in [9.17, 15) is 4.39 Å². The Hall–Kier alpha value is -2.58. The fourth-order valence-corrected chi connectivity index (χ4v) is 3.23. The highest BCUT2D eigenvalue weighted by molar-refractivity contribution is 6.31. The minimum atomic E-state index is -0.467. The van der Waals surface area contributed by atoms with Gasteiger partial charge in [0.1, 0.15) is 23.2 Å². The molecule has 0 unspecified atom stereocenters. The number of hydrogen-bond acceptors (Lipinski definition) is 7. The first-order valence-corrected chi connectivity index (χ1v) is 9.11. The van der Waals surface area contributed by atoms with Crippen molar-refractivity contribution in [3.8, 4) is 0 Å². The predicted octanol–water partition coefficient (Wildman–Crippen LogP) is 3.10. The number of fused-ring (bicyclic) bond motifs is 1. The van der Waals surface area contributed by atoms with E-state index >= 15 is 0 Å². The number of halogens is 2. The van der Waals surface area contributed by atoms with Crippen LogP contribution in [0.3, 0.4) is 0 Å². The number of nitrogens with zero attached hydrogens (tertiary/aromatic N) is 6. The molecule has 140 valence electrons. The molecule has 1 saturated heterocycles. The Labute approximate surface area is 161 Å². The Morgan fingerprint density at radius 3 is 2.85 bits per heavy atom. The van der Waals surface area contributed by atoms with Crippen LogP contribution in [0.5, 0.6) is 0 Å². The summed E-state index contributed by atoms with van der Waals surface area (Å²) in [5.41, 5.74) is 1.87. The number of anilines is 3. The van der Waals surface area contributed by atoms with Crippen molar-refractivity contribution in [2.75, 3.05) is 43.4 Å². The van der Waals surface area contributed by atoms with Gasteiger partial charge in [-0.15, -0.1) is 0 Å². The van der Waals surface area contributed by atoms with Crippen LogP contribution < -0.4 is 10.2 Å². The zero-order valence-electron chi connectivity index (χ0n) is 14.9. The second-order valence-corrected chi connectivity index (χ2v) is 6.93. The van der Waals surface area contributed by atoms with Gasteiger partial charge in [0.2, 0.25) is 5.95 Å². The molecule has 4 rings (SSSR count). The Morgan fingerprint density at radius 1 is 1.11 bits per heavy atom. The van der Waals surface area contributed by atoms with Crippen molar-refractivity contribution in [1.82, 2.24) is 24.8 Å². The smallest absolute Gasteiger partial charge is 0.226 e. The van der Waals surface area contributed by atoms with Crippen molar-refractivity contribution in [3.63, 3.8) is 0 Å². The van der Waals surface area contributed by atoms with Gasteiger partial charge < -0.3 is 15.1 Å². The van der Waals surface area contributed by atoms with Crippen LogP contribution in [0.25, 0.3) is 11.0 Å². The fourth-order valence-electron chi connectivity index (χ4n) is 3.05. The summed E-state index contributed by atoms with van der Waals surface area (Å²) in [4.78, 5) is 22.2. The van der Waals surface area contributed by atoms with Crippen LogP contribution >= 0.6 is 11.6 Å². The Balaban J connectivity index is 1.67. The van der Waals surface area contributed by atoms with Crippen molar-refractivity contribution in [2.45, 2.75) is 6.42 Å². The molecular formula is C18H19ClFN7. The average molecular weight is 388 g/mol. The summed E-state index contributed by atoms with van der Waals surface area (Å²) >= 11 is 5.87. The maximum absolute atomic E-state index is 13.4. The molecule has 0 spiro atoms. The van der Waals surface area contributed by atoms with Gasteiger partial charge in [0.25, 0.3) is 0 Å². The van der Waals surface area contributed by atoms with Crippen LogP contribution in [0.1, 0.15) is 6.42 Å². The Bertz CT molecular complexity index is 968. The quantitative estimate of drug-likeness (QED) is 0.740.